The zero-order valence-electron chi connectivity index (χ0n) is 30.4. The van der Waals surface area contributed by atoms with Crippen LogP contribution in [-0.2, 0) is 37.1 Å². The molecule has 0 saturated heterocycles. The van der Waals surface area contributed by atoms with Gasteiger partial charge >= 0.3 is 6.16 Å². The van der Waals surface area contributed by atoms with Crippen molar-refractivity contribution in [3.63, 3.8) is 0 Å². The fraction of sp³-hybridized carbons (Fsp3) is 0.244. The lowest BCUT2D eigenvalue weighted by Crippen LogP contribution is -2.53. The summed E-state index contributed by atoms with van der Waals surface area (Å²) in [6.07, 6.45) is -1.26. The highest BCUT2D eigenvalue weighted by atomic mass is 16.7. The van der Waals surface area contributed by atoms with E-state index in [2.05, 4.69) is 27.8 Å². The fourth-order valence-electron chi connectivity index (χ4n) is 5.55. The molecule has 3 N–H and O–H groups in total. The van der Waals surface area contributed by atoms with Crippen molar-refractivity contribution in [2.24, 2.45) is 5.92 Å². The maximum Gasteiger partial charge on any atom is 0.514 e. The molecule has 0 aliphatic carbocycles. The molecule has 1 unspecified atom stereocenters. The van der Waals surface area contributed by atoms with Gasteiger partial charge in [0.2, 0.25) is 23.6 Å². The lowest BCUT2D eigenvalue weighted by Gasteiger charge is -2.26. The van der Waals surface area contributed by atoms with E-state index in [0.29, 0.717) is 29.0 Å². The van der Waals surface area contributed by atoms with Crippen LogP contribution < -0.4 is 25.6 Å². The zero-order valence-corrected chi connectivity index (χ0v) is 30.4. The second-order valence-electron chi connectivity index (χ2n) is 13.0. The van der Waals surface area contributed by atoms with Crippen molar-refractivity contribution < 1.29 is 38.4 Å². The topological polar surface area (TPSA) is 186 Å². The molecule has 4 aromatic rings. The molecule has 2 atom stereocenters. The van der Waals surface area contributed by atoms with Crippen LogP contribution in [0, 0.1) is 27.9 Å². The lowest BCUT2D eigenvalue weighted by molar-refractivity contribution is -0.384. The normalized spacial score (nSPS) is 12.5. The Balaban J connectivity index is 1.08. The Morgan fingerprint density at radius 2 is 1.45 bits per heavy atom. The summed E-state index contributed by atoms with van der Waals surface area (Å²) in [6, 6.07) is 24.4. The first-order chi connectivity index (χ1) is 26.4. The predicted octanol–water partition coefficient (Wildman–Crippen LogP) is 5.62. The number of carbonyl (C=O) groups excluding carboxylic acids is 5. The molecule has 14 heteroatoms. The van der Waals surface area contributed by atoms with Crippen LogP contribution >= 0.6 is 0 Å². The quantitative estimate of drug-likeness (QED) is 0.0514. The molecule has 1 aliphatic rings. The number of para-hydroxylation sites is 1. The smallest absolute Gasteiger partial charge is 0.429 e. The Bertz CT molecular complexity index is 2140. The summed E-state index contributed by atoms with van der Waals surface area (Å²) in [5.41, 5.74) is 3.93. The van der Waals surface area contributed by atoms with Crippen molar-refractivity contribution >= 4 is 46.8 Å². The van der Waals surface area contributed by atoms with Gasteiger partial charge in [0.15, 0.2) is 0 Å². The van der Waals surface area contributed by atoms with Gasteiger partial charge < -0.3 is 30.3 Å². The SMILES string of the molecule is CC(C)C(NC(=O)CCC(=O)N1Cc2ccccc2C#Cc2ccccc21)C(=O)N[C@@H](C)C(=O)Nc1ccc(COC(=O)Oc2ccc([N+](=O)[O-])cc2)cc1. The van der Waals surface area contributed by atoms with Gasteiger partial charge in [-0.25, -0.2) is 4.79 Å². The zero-order chi connectivity index (χ0) is 39.5. The van der Waals surface area contributed by atoms with Crippen molar-refractivity contribution in [3.05, 3.63) is 129 Å². The molecule has 14 nitrogen and oxygen atoms in total. The van der Waals surface area contributed by atoms with E-state index in [1.54, 1.807) is 43.0 Å². The number of anilines is 2. The van der Waals surface area contributed by atoms with E-state index in [0.717, 1.165) is 11.1 Å². The Morgan fingerprint density at radius 3 is 2.15 bits per heavy atom. The van der Waals surface area contributed by atoms with Gasteiger partial charge in [0, 0.05) is 41.8 Å². The second kappa shape index (κ2) is 18.2. The van der Waals surface area contributed by atoms with Crippen molar-refractivity contribution in [3.8, 4) is 17.6 Å². The number of hydrogen-bond donors (Lipinski definition) is 3. The fourth-order valence-corrected chi connectivity index (χ4v) is 5.55. The number of hydrogen-bond acceptors (Lipinski definition) is 9. The minimum absolute atomic E-state index is 0.0810. The van der Waals surface area contributed by atoms with E-state index >= 15 is 0 Å². The average Bonchev–Trinajstić information content (AvgIpc) is 3.16. The van der Waals surface area contributed by atoms with Crippen molar-refractivity contribution in [1.82, 2.24) is 10.6 Å². The van der Waals surface area contributed by atoms with E-state index < -0.39 is 40.9 Å². The number of fused-ring (bicyclic) bond motifs is 2. The molecule has 55 heavy (non-hydrogen) atoms. The van der Waals surface area contributed by atoms with Crippen LogP contribution in [0.5, 0.6) is 5.75 Å². The van der Waals surface area contributed by atoms with Crippen molar-refractivity contribution in [2.75, 3.05) is 10.2 Å². The number of nitrogens with zero attached hydrogens (tertiary/aromatic N) is 2. The van der Waals surface area contributed by atoms with Gasteiger partial charge in [0.1, 0.15) is 24.4 Å². The Hall–Kier alpha value is -7.01. The van der Waals surface area contributed by atoms with E-state index in [9.17, 15) is 34.1 Å². The third kappa shape index (κ3) is 10.8. The van der Waals surface area contributed by atoms with Gasteiger partial charge in [-0.05, 0) is 66.4 Å². The molecule has 0 radical (unpaired) electrons. The lowest BCUT2D eigenvalue weighted by atomic mass is 10.0. The number of nitro benzene ring substituents is 1. The van der Waals surface area contributed by atoms with Crippen LogP contribution in [0.15, 0.2) is 97.1 Å². The number of benzene rings is 4. The largest absolute Gasteiger partial charge is 0.514 e. The van der Waals surface area contributed by atoms with Gasteiger partial charge in [-0.1, -0.05) is 68.2 Å². The number of nitro groups is 1. The Morgan fingerprint density at radius 1 is 0.800 bits per heavy atom. The molecule has 282 valence electrons. The summed E-state index contributed by atoms with van der Waals surface area (Å²) in [6.45, 7) is 5.18. The third-order valence-electron chi connectivity index (χ3n) is 8.58. The molecule has 0 bridgehead atoms. The summed E-state index contributed by atoms with van der Waals surface area (Å²) in [5.74, 6) is 4.27. The minimum Gasteiger partial charge on any atom is -0.429 e. The first-order valence-electron chi connectivity index (χ1n) is 17.5. The molecule has 5 rings (SSSR count). The van der Waals surface area contributed by atoms with E-state index in [1.807, 2.05) is 48.5 Å². The minimum atomic E-state index is -1.00. The maximum atomic E-state index is 13.6. The number of carbonyl (C=O) groups is 5. The maximum absolute atomic E-state index is 13.6. The van der Waals surface area contributed by atoms with Crippen molar-refractivity contribution in [1.29, 1.82) is 0 Å². The van der Waals surface area contributed by atoms with Gasteiger partial charge in [0.25, 0.3) is 5.69 Å². The molecule has 1 heterocycles. The molecule has 1 aliphatic heterocycles. The van der Waals surface area contributed by atoms with E-state index in [4.69, 9.17) is 9.47 Å². The number of rotatable bonds is 13. The van der Waals surface area contributed by atoms with Crippen LogP contribution in [0.25, 0.3) is 0 Å². The average molecular weight is 746 g/mol. The van der Waals surface area contributed by atoms with E-state index in [-0.39, 0.29) is 42.7 Å². The molecule has 0 saturated carbocycles. The summed E-state index contributed by atoms with van der Waals surface area (Å²) in [5, 5.41) is 18.9. The highest BCUT2D eigenvalue weighted by Gasteiger charge is 2.28. The summed E-state index contributed by atoms with van der Waals surface area (Å²) in [4.78, 5) is 76.7. The summed E-state index contributed by atoms with van der Waals surface area (Å²) >= 11 is 0. The molecular formula is C41H39N5O9. The van der Waals surface area contributed by atoms with Gasteiger partial charge in [-0.2, -0.15) is 0 Å². The van der Waals surface area contributed by atoms with Crippen LogP contribution in [0.1, 0.15) is 55.9 Å². The third-order valence-corrected chi connectivity index (χ3v) is 8.58. The Kier molecular flexibility index (Phi) is 12.9. The first-order valence-corrected chi connectivity index (χ1v) is 17.5. The Labute approximate surface area is 317 Å². The van der Waals surface area contributed by atoms with Crippen LogP contribution in [0.4, 0.5) is 21.9 Å². The van der Waals surface area contributed by atoms with Crippen LogP contribution in [0.3, 0.4) is 0 Å². The van der Waals surface area contributed by atoms with Gasteiger partial charge in [-0.3, -0.25) is 29.3 Å². The molecule has 0 fully saturated rings. The van der Waals surface area contributed by atoms with Crippen LogP contribution in [0.2, 0.25) is 0 Å². The predicted molar refractivity (Wildman–Crippen MR) is 203 cm³/mol. The number of ether oxygens (including phenoxy) is 2. The number of nitrogens with one attached hydrogen (secondary N) is 3. The molecule has 0 aromatic heterocycles. The standard InChI is InChI=1S/C41H39N5O9/c1-26(2)38(44-36(47)22-23-37(48)45-24-31-10-5-4-8-29(31)14-15-30-9-6-7-11-35(30)45)40(50)42-27(3)39(49)43-32-16-12-28(13-17-32)25-54-41(51)55-34-20-18-33(19-21-34)46(52)53/h4-13,16-21,26-27,38H,22-25H2,1-3H3,(H,42,50)(H,43,49)(H,44,47)/t27-,38?/m0/s1. The monoisotopic (exact) mass is 745 g/mol. The van der Waals surface area contributed by atoms with Gasteiger partial charge in [0.05, 0.1) is 17.2 Å². The summed E-state index contributed by atoms with van der Waals surface area (Å²) in [7, 11) is 0. The highest BCUT2D eigenvalue weighted by molar-refractivity contribution is 5.99. The number of non-ortho nitro benzene ring substituents is 1. The molecule has 4 amide bonds. The molecule has 4 aromatic carbocycles. The molecular weight excluding hydrogens is 706 g/mol. The number of amides is 4. The highest BCUT2D eigenvalue weighted by Crippen LogP contribution is 2.26. The summed E-state index contributed by atoms with van der Waals surface area (Å²) < 4.78 is 10.1. The molecule has 0 spiro atoms. The first kappa shape index (κ1) is 39.2. The van der Waals surface area contributed by atoms with E-state index in [1.165, 1.54) is 31.2 Å². The van der Waals surface area contributed by atoms with Crippen LogP contribution in [-0.4, -0.2) is 46.8 Å². The van der Waals surface area contributed by atoms with Gasteiger partial charge in [-0.15, -0.1) is 0 Å². The second-order valence-corrected chi connectivity index (χ2v) is 13.0. The van der Waals surface area contributed by atoms with Crippen molar-refractivity contribution in [2.45, 2.75) is 58.8 Å².